The Morgan fingerprint density at radius 1 is 1.32 bits per heavy atom. The Labute approximate surface area is 169 Å². The Hall–Kier alpha value is -2.51. The molecule has 0 atom stereocenters. The van der Waals surface area contributed by atoms with Crippen LogP contribution in [0.15, 0.2) is 43.0 Å². The molecule has 0 aromatic carbocycles. The zero-order chi connectivity index (χ0) is 19.7. The predicted molar refractivity (Wildman–Crippen MR) is 114 cm³/mol. The van der Waals surface area contributed by atoms with Gasteiger partial charge < -0.3 is 9.30 Å². The van der Waals surface area contributed by atoms with E-state index in [1.165, 1.54) is 16.9 Å². The van der Waals surface area contributed by atoms with E-state index in [1.54, 1.807) is 24.3 Å². The molecule has 0 bridgehead atoms. The molecule has 0 N–H and O–H groups in total. The van der Waals surface area contributed by atoms with E-state index < -0.39 is 0 Å². The Kier molecular flexibility index (Phi) is 5.28. The third kappa shape index (κ3) is 3.86. The maximum Gasteiger partial charge on any atom is 0.269 e. The first kappa shape index (κ1) is 18.8. The number of fused-ring (bicyclic) bond motifs is 1. The van der Waals surface area contributed by atoms with E-state index in [-0.39, 0.29) is 5.91 Å². The van der Waals surface area contributed by atoms with Crippen molar-refractivity contribution in [2.75, 3.05) is 31.6 Å². The largest absolute Gasteiger partial charge is 0.310 e. The first-order valence-electron chi connectivity index (χ1n) is 9.59. The Morgan fingerprint density at radius 2 is 2.18 bits per heavy atom. The number of carbonyl (C=O) groups is 1. The molecule has 1 amide bonds. The molecule has 0 aliphatic carbocycles. The van der Waals surface area contributed by atoms with Gasteiger partial charge in [-0.3, -0.25) is 9.69 Å². The molecule has 0 fully saturated rings. The Morgan fingerprint density at radius 3 is 2.93 bits per heavy atom. The summed E-state index contributed by atoms with van der Waals surface area (Å²) >= 11 is 1.48. The molecule has 4 rings (SSSR count). The molecular formula is C21H25N5OS. The molecular weight excluding hydrogens is 370 g/mol. The van der Waals surface area contributed by atoms with E-state index in [1.807, 2.05) is 28.9 Å². The molecule has 0 saturated heterocycles. The number of pyridine rings is 1. The molecule has 3 aromatic heterocycles. The van der Waals surface area contributed by atoms with Crippen LogP contribution < -0.4 is 4.90 Å². The number of imidazole rings is 1. The lowest BCUT2D eigenvalue weighted by atomic mass is 10.1. The van der Waals surface area contributed by atoms with Crippen molar-refractivity contribution in [1.29, 1.82) is 0 Å². The second kappa shape index (κ2) is 7.85. The maximum absolute atomic E-state index is 12.9. The van der Waals surface area contributed by atoms with E-state index in [0.29, 0.717) is 10.8 Å². The number of anilines is 1. The highest BCUT2D eigenvalue weighted by Gasteiger charge is 2.20. The monoisotopic (exact) mass is 395 g/mol. The van der Waals surface area contributed by atoms with Crippen LogP contribution in [0.3, 0.4) is 0 Å². The quantitative estimate of drug-likeness (QED) is 0.659. The van der Waals surface area contributed by atoms with Gasteiger partial charge in [-0.1, -0.05) is 19.9 Å². The number of hydrogen-bond acceptors (Lipinski definition) is 5. The minimum atomic E-state index is -0.0440. The standard InChI is InChI=1S/C21H25N5OS/c1-15(2)14-25-8-4-16(5-9-25)20-23-13-18(28-20)21(27)24(3)17-6-10-26-11-7-22-19(26)12-17/h4,6-7,10-13,15H,5,8-9,14H2,1-3H3. The molecule has 1 aliphatic rings. The zero-order valence-corrected chi connectivity index (χ0v) is 17.3. The van der Waals surface area contributed by atoms with Crippen molar-refractivity contribution in [2.24, 2.45) is 5.92 Å². The van der Waals surface area contributed by atoms with E-state index in [0.717, 1.165) is 42.4 Å². The van der Waals surface area contributed by atoms with Crippen molar-refractivity contribution >= 4 is 34.2 Å². The third-order valence-electron chi connectivity index (χ3n) is 4.98. The van der Waals surface area contributed by atoms with E-state index in [4.69, 9.17) is 0 Å². The van der Waals surface area contributed by atoms with Crippen LogP contribution >= 0.6 is 11.3 Å². The number of nitrogens with zero attached hydrogens (tertiary/aromatic N) is 5. The Balaban J connectivity index is 1.47. The Bertz CT molecular complexity index is 1020. The summed E-state index contributed by atoms with van der Waals surface area (Å²) in [7, 11) is 1.79. The second-order valence-electron chi connectivity index (χ2n) is 7.60. The highest BCUT2D eigenvalue weighted by Crippen LogP contribution is 2.28. The van der Waals surface area contributed by atoms with Crippen molar-refractivity contribution in [3.63, 3.8) is 0 Å². The smallest absolute Gasteiger partial charge is 0.269 e. The third-order valence-corrected chi connectivity index (χ3v) is 6.04. The van der Waals surface area contributed by atoms with Crippen molar-refractivity contribution in [2.45, 2.75) is 20.3 Å². The summed E-state index contributed by atoms with van der Waals surface area (Å²) in [5.41, 5.74) is 2.89. The minimum absolute atomic E-state index is 0.0440. The molecule has 0 saturated carbocycles. The molecule has 4 heterocycles. The fourth-order valence-corrected chi connectivity index (χ4v) is 4.46. The van der Waals surface area contributed by atoms with Gasteiger partial charge in [-0.05, 0) is 24.0 Å². The molecule has 28 heavy (non-hydrogen) atoms. The fourth-order valence-electron chi connectivity index (χ4n) is 3.50. The van der Waals surface area contributed by atoms with Gasteiger partial charge >= 0.3 is 0 Å². The number of aromatic nitrogens is 3. The van der Waals surface area contributed by atoms with Crippen molar-refractivity contribution in [3.05, 3.63) is 52.9 Å². The average Bonchev–Trinajstić information content (AvgIpc) is 3.36. The number of thiazole rings is 1. The van der Waals surface area contributed by atoms with E-state index in [9.17, 15) is 4.79 Å². The minimum Gasteiger partial charge on any atom is -0.310 e. The molecule has 1 aliphatic heterocycles. The van der Waals surface area contributed by atoms with Crippen LogP contribution in [-0.2, 0) is 0 Å². The molecule has 7 heteroatoms. The maximum atomic E-state index is 12.9. The van der Waals surface area contributed by atoms with Crippen LogP contribution in [0, 0.1) is 5.92 Å². The lowest BCUT2D eigenvalue weighted by molar-refractivity contribution is 0.0996. The molecule has 0 spiro atoms. The summed E-state index contributed by atoms with van der Waals surface area (Å²) in [5.74, 6) is 0.633. The summed E-state index contributed by atoms with van der Waals surface area (Å²) in [6, 6.07) is 3.83. The SMILES string of the molecule is CC(C)CN1CC=C(c2ncc(C(=O)N(C)c3ccn4ccnc4c3)s2)CC1. The normalized spacial score (nSPS) is 15.2. The second-order valence-corrected chi connectivity index (χ2v) is 8.63. The summed E-state index contributed by atoms with van der Waals surface area (Å²) in [6.07, 6.45) is 10.5. The average molecular weight is 396 g/mol. The van der Waals surface area contributed by atoms with Gasteiger partial charge in [0.05, 0.1) is 6.20 Å². The van der Waals surface area contributed by atoms with Gasteiger partial charge in [-0.2, -0.15) is 0 Å². The highest BCUT2D eigenvalue weighted by atomic mass is 32.1. The van der Waals surface area contributed by atoms with Gasteiger partial charge in [0.15, 0.2) is 0 Å². The molecule has 6 nitrogen and oxygen atoms in total. The van der Waals surface area contributed by atoms with E-state index in [2.05, 4.69) is 34.8 Å². The highest BCUT2D eigenvalue weighted by molar-refractivity contribution is 7.14. The van der Waals surface area contributed by atoms with Crippen molar-refractivity contribution in [1.82, 2.24) is 19.3 Å². The van der Waals surface area contributed by atoms with Gasteiger partial charge in [0.1, 0.15) is 15.5 Å². The number of carbonyl (C=O) groups excluding carboxylic acids is 1. The van der Waals surface area contributed by atoms with E-state index >= 15 is 0 Å². The number of rotatable bonds is 5. The molecule has 0 radical (unpaired) electrons. The van der Waals surface area contributed by atoms with Crippen LogP contribution in [0.4, 0.5) is 5.69 Å². The van der Waals surface area contributed by atoms with Crippen LogP contribution in [0.5, 0.6) is 0 Å². The summed E-state index contributed by atoms with van der Waals surface area (Å²) in [6.45, 7) is 7.63. The first-order valence-corrected chi connectivity index (χ1v) is 10.4. The fraction of sp³-hybridized carbons (Fsp3) is 0.381. The van der Waals surface area contributed by atoms with Gasteiger partial charge in [-0.25, -0.2) is 9.97 Å². The van der Waals surface area contributed by atoms with Crippen LogP contribution in [0.25, 0.3) is 11.2 Å². The van der Waals surface area contributed by atoms with Crippen molar-refractivity contribution < 1.29 is 4.79 Å². The predicted octanol–water partition coefficient (Wildman–Crippen LogP) is 3.81. The van der Waals surface area contributed by atoms with Crippen LogP contribution in [0.2, 0.25) is 0 Å². The van der Waals surface area contributed by atoms with Crippen LogP contribution in [-0.4, -0.2) is 51.9 Å². The van der Waals surface area contributed by atoms with Gasteiger partial charge in [-0.15, -0.1) is 11.3 Å². The van der Waals surface area contributed by atoms with Gasteiger partial charge in [0.25, 0.3) is 5.91 Å². The summed E-state index contributed by atoms with van der Waals surface area (Å²) < 4.78 is 1.92. The number of hydrogen-bond donors (Lipinski definition) is 0. The lowest BCUT2D eigenvalue weighted by Gasteiger charge is -2.27. The topological polar surface area (TPSA) is 53.7 Å². The molecule has 0 unspecified atom stereocenters. The molecule has 3 aromatic rings. The zero-order valence-electron chi connectivity index (χ0n) is 16.5. The summed E-state index contributed by atoms with van der Waals surface area (Å²) in [4.78, 5) is 26.5. The van der Waals surface area contributed by atoms with Gasteiger partial charge in [0.2, 0.25) is 0 Å². The van der Waals surface area contributed by atoms with Gasteiger partial charge in [0, 0.05) is 57.0 Å². The van der Waals surface area contributed by atoms with Crippen molar-refractivity contribution in [3.8, 4) is 0 Å². The number of amides is 1. The summed E-state index contributed by atoms with van der Waals surface area (Å²) in [5, 5.41) is 0.963. The first-order chi connectivity index (χ1) is 13.5. The van der Waals surface area contributed by atoms with Crippen LogP contribution in [0.1, 0.15) is 34.9 Å². The molecule has 146 valence electrons. The lowest BCUT2D eigenvalue weighted by Crippen LogP contribution is -2.31.